The number of carbonyl (C=O) groups is 1. The van der Waals surface area contributed by atoms with Gasteiger partial charge in [-0.2, -0.15) is 0 Å². The van der Waals surface area contributed by atoms with Crippen LogP contribution in [0.3, 0.4) is 0 Å². The first-order valence-electron chi connectivity index (χ1n) is 7.22. The highest BCUT2D eigenvalue weighted by molar-refractivity contribution is 5.76. The smallest absolute Gasteiger partial charge is 0.220 e. The third-order valence-corrected chi connectivity index (χ3v) is 3.76. The first kappa shape index (κ1) is 15.6. The van der Waals surface area contributed by atoms with E-state index in [-0.39, 0.29) is 18.4 Å². The summed E-state index contributed by atoms with van der Waals surface area (Å²) in [5, 5.41) is 10.0. The van der Waals surface area contributed by atoms with Crippen LogP contribution in [0.2, 0.25) is 0 Å². The molecule has 1 aromatic carbocycles. The Kier molecular flexibility index (Phi) is 5.41. The van der Waals surface area contributed by atoms with Gasteiger partial charge in [-0.05, 0) is 38.1 Å². The number of anilines is 1. The monoisotopic (exact) mass is 293 g/mol. The molecule has 6 heteroatoms. The molecule has 0 saturated carbocycles. The summed E-state index contributed by atoms with van der Waals surface area (Å²) in [6.45, 7) is 2.32. The Balaban J connectivity index is 1.70. The molecule has 1 aromatic rings. The number of rotatable bonds is 6. The first-order chi connectivity index (χ1) is 10.0. The lowest BCUT2D eigenvalue weighted by molar-refractivity contribution is -0.123. The second-order valence-electron chi connectivity index (χ2n) is 5.51. The molecule has 116 valence electrons. The number of nitrogen functional groups attached to an aromatic ring is 1. The van der Waals surface area contributed by atoms with E-state index in [1.54, 1.807) is 18.2 Å². The lowest BCUT2D eigenvalue weighted by atomic mass is 9.96. The highest BCUT2D eigenvalue weighted by Crippen LogP contribution is 2.17. The van der Waals surface area contributed by atoms with Gasteiger partial charge in [0, 0.05) is 24.2 Å². The number of amides is 1. The number of nitrogens with zero attached hydrogens (tertiary/aromatic N) is 1. The lowest BCUT2D eigenvalue weighted by Gasteiger charge is -2.31. The van der Waals surface area contributed by atoms with Crippen molar-refractivity contribution in [1.29, 1.82) is 0 Å². The van der Waals surface area contributed by atoms with Crippen molar-refractivity contribution in [2.75, 3.05) is 32.0 Å². The Bertz CT molecular complexity index is 473. The molecule has 0 aromatic heterocycles. The van der Waals surface area contributed by atoms with Crippen LogP contribution < -0.4 is 16.2 Å². The Hall–Kier alpha value is -1.79. The Morgan fingerprint density at radius 1 is 1.43 bits per heavy atom. The second-order valence-corrected chi connectivity index (χ2v) is 5.51. The number of piperidine rings is 1. The summed E-state index contributed by atoms with van der Waals surface area (Å²) in [6.07, 6.45) is 0.951. The summed E-state index contributed by atoms with van der Waals surface area (Å²) >= 11 is 0. The molecule has 1 aliphatic rings. The van der Waals surface area contributed by atoms with Gasteiger partial charge in [-0.1, -0.05) is 6.07 Å². The van der Waals surface area contributed by atoms with Crippen molar-refractivity contribution in [1.82, 2.24) is 4.90 Å². The van der Waals surface area contributed by atoms with E-state index in [1.165, 1.54) is 0 Å². The number of ether oxygens (including phenoxy) is 1. The molecule has 1 unspecified atom stereocenters. The molecule has 0 aliphatic carbocycles. The summed E-state index contributed by atoms with van der Waals surface area (Å²) in [5.41, 5.74) is 11.6. The highest BCUT2D eigenvalue weighted by atomic mass is 16.5. The average Bonchev–Trinajstić information content (AvgIpc) is 2.46. The van der Waals surface area contributed by atoms with Crippen molar-refractivity contribution in [3.63, 3.8) is 0 Å². The number of hydrogen-bond acceptors (Lipinski definition) is 5. The Labute approximate surface area is 124 Å². The van der Waals surface area contributed by atoms with Crippen LogP contribution in [0, 0.1) is 5.92 Å². The standard InChI is InChI=1S/C15H23N3O3/c16-12-2-1-3-14(8-12)21-10-13(19)9-18-6-4-11(5-7-18)15(17)20/h1-3,8,11,13,19H,4-7,9-10,16H2,(H2,17,20). The Morgan fingerprint density at radius 3 is 2.76 bits per heavy atom. The summed E-state index contributed by atoms with van der Waals surface area (Å²) in [5.74, 6) is 0.406. The molecule has 1 heterocycles. The van der Waals surface area contributed by atoms with Gasteiger partial charge in [0.2, 0.25) is 5.91 Å². The highest BCUT2D eigenvalue weighted by Gasteiger charge is 2.24. The van der Waals surface area contributed by atoms with Crippen molar-refractivity contribution in [2.45, 2.75) is 18.9 Å². The maximum atomic E-state index is 11.1. The minimum Gasteiger partial charge on any atom is -0.491 e. The van der Waals surface area contributed by atoms with E-state index in [1.807, 2.05) is 6.07 Å². The maximum absolute atomic E-state index is 11.1. The van der Waals surface area contributed by atoms with Crippen molar-refractivity contribution >= 4 is 11.6 Å². The van der Waals surface area contributed by atoms with Gasteiger partial charge >= 0.3 is 0 Å². The second kappa shape index (κ2) is 7.28. The topological polar surface area (TPSA) is 102 Å². The van der Waals surface area contributed by atoms with E-state index in [0.29, 0.717) is 18.0 Å². The fraction of sp³-hybridized carbons (Fsp3) is 0.533. The quantitative estimate of drug-likeness (QED) is 0.651. The number of aliphatic hydroxyl groups excluding tert-OH is 1. The Morgan fingerprint density at radius 2 is 2.14 bits per heavy atom. The van der Waals surface area contributed by atoms with Crippen LogP contribution in [0.15, 0.2) is 24.3 Å². The zero-order valence-electron chi connectivity index (χ0n) is 12.1. The third kappa shape index (κ3) is 4.91. The van der Waals surface area contributed by atoms with Gasteiger partial charge in [0.05, 0.1) is 0 Å². The minimum absolute atomic E-state index is 0.0260. The summed E-state index contributed by atoms with van der Waals surface area (Å²) < 4.78 is 5.52. The number of β-amino-alcohol motifs (C(OH)–C–C–N with tert-alkyl or cyclic N) is 1. The molecule has 0 spiro atoms. The maximum Gasteiger partial charge on any atom is 0.220 e. The predicted molar refractivity (Wildman–Crippen MR) is 80.7 cm³/mol. The number of hydrogen-bond donors (Lipinski definition) is 3. The molecule has 5 N–H and O–H groups in total. The van der Waals surface area contributed by atoms with Gasteiger partial charge in [-0.15, -0.1) is 0 Å². The predicted octanol–water partition coefficient (Wildman–Crippen LogP) is 0.206. The molecule has 0 radical (unpaired) electrons. The van der Waals surface area contributed by atoms with Crippen molar-refractivity contribution in [3.05, 3.63) is 24.3 Å². The molecule has 2 rings (SSSR count). The van der Waals surface area contributed by atoms with E-state index in [9.17, 15) is 9.90 Å². The van der Waals surface area contributed by atoms with Gasteiger partial charge < -0.3 is 26.2 Å². The summed E-state index contributed by atoms with van der Waals surface area (Å²) in [6, 6.07) is 7.13. The minimum atomic E-state index is -0.573. The summed E-state index contributed by atoms with van der Waals surface area (Å²) in [4.78, 5) is 13.2. The molecule has 1 aliphatic heterocycles. The average molecular weight is 293 g/mol. The van der Waals surface area contributed by atoms with Crippen molar-refractivity contribution in [3.8, 4) is 5.75 Å². The van der Waals surface area contributed by atoms with Crippen molar-refractivity contribution < 1.29 is 14.6 Å². The number of primary amides is 1. The number of benzene rings is 1. The summed E-state index contributed by atoms with van der Waals surface area (Å²) in [7, 11) is 0. The number of likely N-dealkylation sites (tertiary alicyclic amines) is 1. The zero-order chi connectivity index (χ0) is 15.2. The van der Waals surface area contributed by atoms with Crippen LogP contribution in [0.5, 0.6) is 5.75 Å². The normalized spacial score (nSPS) is 18.3. The molecular formula is C15H23N3O3. The van der Waals surface area contributed by atoms with Crippen LogP contribution in [0.1, 0.15) is 12.8 Å². The molecule has 0 bridgehead atoms. The van der Waals surface area contributed by atoms with E-state index >= 15 is 0 Å². The molecule has 1 fully saturated rings. The van der Waals surface area contributed by atoms with Gasteiger partial charge in [-0.25, -0.2) is 0 Å². The SMILES string of the molecule is NC(=O)C1CCN(CC(O)COc2cccc(N)c2)CC1. The fourth-order valence-corrected chi connectivity index (χ4v) is 2.55. The number of nitrogens with two attached hydrogens (primary N) is 2. The van der Waals surface area contributed by atoms with Crippen LogP contribution in [0.25, 0.3) is 0 Å². The van der Waals surface area contributed by atoms with Gasteiger partial charge in [0.15, 0.2) is 0 Å². The van der Waals surface area contributed by atoms with E-state index < -0.39 is 6.10 Å². The molecule has 1 saturated heterocycles. The molecule has 1 atom stereocenters. The largest absolute Gasteiger partial charge is 0.491 e. The molecule has 1 amide bonds. The first-order valence-corrected chi connectivity index (χ1v) is 7.22. The molecule has 21 heavy (non-hydrogen) atoms. The van der Waals surface area contributed by atoms with Crippen LogP contribution >= 0.6 is 0 Å². The third-order valence-electron chi connectivity index (χ3n) is 3.76. The van der Waals surface area contributed by atoms with Crippen LogP contribution in [-0.2, 0) is 4.79 Å². The molecular weight excluding hydrogens is 270 g/mol. The van der Waals surface area contributed by atoms with Crippen LogP contribution in [-0.4, -0.2) is 48.3 Å². The molecule has 6 nitrogen and oxygen atoms in total. The van der Waals surface area contributed by atoms with E-state index in [4.69, 9.17) is 16.2 Å². The van der Waals surface area contributed by atoms with Crippen LogP contribution in [0.4, 0.5) is 5.69 Å². The van der Waals surface area contributed by atoms with E-state index in [0.717, 1.165) is 25.9 Å². The zero-order valence-corrected chi connectivity index (χ0v) is 12.1. The fourth-order valence-electron chi connectivity index (χ4n) is 2.55. The lowest BCUT2D eigenvalue weighted by Crippen LogP contribution is -2.43. The van der Waals surface area contributed by atoms with Gasteiger partial charge in [0.1, 0.15) is 18.5 Å². The number of carbonyl (C=O) groups excluding carboxylic acids is 1. The van der Waals surface area contributed by atoms with Gasteiger partial charge in [-0.3, -0.25) is 4.79 Å². The van der Waals surface area contributed by atoms with Gasteiger partial charge in [0.25, 0.3) is 0 Å². The number of aliphatic hydroxyl groups is 1. The van der Waals surface area contributed by atoms with E-state index in [2.05, 4.69) is 4.90 Å². The van der Waals surface area contributed by atoms with Crippen molar-refractivity contribution in [2.24, 2.45) is 11.7 Å².